The monoisotopic (exact) mass is 338 g/mol. The van der Waals surface area contributed by atoms with Crippen LogP contribution in [0.3, 0.4) is 0 Å². The first-order valence-corrected chi connectivity index (χ1v) is 8.36. The van der Waals surface area contributed by atoms with Gasteiger partial charge in [-0.3, -0.25) is 10.1 Å². The van der Waals surface area contributed by atoms with E-state index in [0.29, 0.717) is 11.3 Å². The molecule has 0 spiro atoms. The lowest BCUT2D eigenvalue weighted by atomic mass is 9.88. The number of hydrogen-bond donors (Lipinski definition) is 1. The number of fused-ring (bicyclic) bond motifs is 1. The Kier molecular flexibility index (Phi) is 5.33. The third-order valence-corrected chi connectivity index (χ3v) is 4.36. The molecule has 2 aromatic rings. The third-order valence-electron chi connectivity index (χ3n) is 4.36. The van der Waals surface area contributed by atoms with Crippen LogP contribution in [0.2, 0.25) is 0 Å². The minimum Gasteiger partial charge on any atom is -0.497 e. The Morgan fingerprint density at radius 1 is 1.16 bits per heavy atom. The van der Waals surface area contributed by atoms with Gasteiger partial charge in [0.2, 0.25) is 0 Å². The number of ether oxygens (including phenoxy) is 2. The number of rotatable bonds is 3. The molecule has 5 heteroatoms. The standard InChI is InChI=1S/C20H22N2O3/c1-24-16-10-5-9-15(13-16)19(23)22-20(25-2)21-18-12-6-8-14-7-3-4-11-17(14)18/h3-5,7,9-11,13,18H,6,8,12H2,1-2H3,(H,21,22,23). The van der Waals surface area contributed by atoms with E-state index >= 15 is 0 Å². The van der Waals surface area contributed by atoms with Crippen LogP contribution >= 0.6 is 0 Å². The Morgan fingerprint density at radius 3 is 2.80 bits per heavy atom. The number of benzene rings is 2. The summed E-state index contributed by atoms with van der Waals surface area (Å²) in [6, 6.07) is 15.5. The molecule has 0 aromatic heterocycles. The summed E-state index contributed by atoms with van der Waals surface area (Å²) < 4.78 is 10.5. The highest BCUT2D eigenvalue weighted by Crippen LogP contribution is 2.32. The molecule has 1 N–H and O–H groups in total. The fourth-order valence-corrected chi connectivity index (χ4v) is 3.07. The molecule has 1 unspecified atom stereocenters. The van der Waals surface area contributed by atoms with Gasteiger partial charge < -0.3 is 9.47 Å². The SMILES string of the molecule is COC(=NC1CCCc2ccccc21)NC(=O)c1cccc(OC)c1. The summed E-state index contributed by atoms with van der Waals surface area (Å²) in [6.45, 7) is 0. The lowest BCUT2D eigenvalue weighted by Gasteiger charge is -2.23. The average Bonchev–Trinajstić information content (AvgIpc) is 2.67. The minimum atomic E-state index is -0.274. The summed E-state index contributed by atoms with van der Waals surface area (Å²) in [5, 5.41) is 2.75. The van der Waals surface area contributed by atoms with Gasteiger partial charge in [-0.15, -0.1) is 0 Å². The van der Waals surface area contributed by atoms with Crippen LogP contribution in [0, 0.1) is 0 Å². The highest BCUT2D eigenvalue weighted by molar-refractivity contribution is 6.04. The lowest BCUT2D eigenvalue weighted by Crippen LogP contribution is -2.32. The zero-order valence-electron chi connectivity index (χ0n) is 14.5. The van der Waals surface area contributed by atoms with Gasteiger partial charge >= 0.3 is 0 Å². The number of carbonyl (C=O) groups is 1. The van der Waals surface area contributed by atoms with Crippen molar-refractivity contribution in [3.05, 3.63) is 65.2 Å². The Morgan fingerprint density at radius 2 is 2.00 bits per heavy atom. The Labute approximate surface area is 147 Å². The molecule has 1 atom stereocenters. The molecule has 0 bridgehead atoms. The molecule has 2 aromatic carbocycles. The second-order valence-electron chi connectivity index (χ2n) is 5.93. The van der Waals surface area contributed by atoms with Crippen molar-refractivity contribution >= 4 is 11.9 Å². The largest absolute Gasteiger partial charge is 0.497 e. The molecule has 0 heterocycles. The zero-order chi connectivity index (χ0) is 17.6. The van der Waals surface area contributed by atoms with Crippen molar-refractivity contribution in [1.82, 2.24) is 5.32 Å². The predicted octanol–water partition coefficient (Wildman–Crippen LogP) is 3.51. The van der Waals surface area contributed by atoms with Crippen molar-refractivity contribution in [3.63, 3.8) is 0 Å². The van der Waals surface area contributed by atoms with Crippen molar-refractivity contribution in [2.24, 2.45) is 4.99 Å². The van der Waals surface area contributed by atoms with Crippen LogP contribution in [-0.2, 0) is 11.2 Å². The maximum atomic E-state index is 12.4. The van der Waals surface area contributed by atoms with Crippen molar-refractivity contribution < 1.29 is 14.3 Å². The molecular weight excluding hydrogens is 316 g/mol. The molecule has 0 fully saturated rings. The van der Waals surface area contributed by atoms with E-state index in [-0.39, 0.29) is 18.0 Å². The summed E-state index contributed by atoms with van der Waals surface area (Å²) in [6.07, 6.45) is 3.09. The molecule has 0 aliphatic heterocycles. The van der Waals surface area contributed by atoms with Crippen LogP contribution in [0.5, 0.6) is 5.75 Å². The minimum absolute atomic E-state index is 0.00510. The lowest BCUT2D eigenvalue weighted by molar-refractivity contribution is 0.0968. The fraction of sp³-hybridized carbons (Fsp3) is 0.300. The number of amides is 1. The first kappa shape index (κ1) is 17.0. The van der Waals surface area contributed by atoms with Crippen molar-refractivity contribution in [2.45, 2.75) is 25.3 Å². The molecule has 0 saturated heterocycles. The fourth-order valence-electron chi connectivity index (χ4n) is 3.07. The molecule has 0 radical (unpaired) electrons. The van der Waals surface area contributed by atoms with Gasteiger partial charge in [0.05, 0.1) is 20.3 Å². The number of amidine groups is 1. The maximum absolute atomic E-state index is 12.4. The highest BCUT2D eigenvalue weighted by atomic mass is 16.5. The van der Waals surface area contributed by atoms with Crippen molar-refractivity contribution in [2.75, 3.05) is 14.2 Å². The quantitative estimate of drug-likeness (QED) is 0.688. The van der Waals surface area contributed by atoms with Crippen LogP contribution in [0.25, 0.3) is 0 Å². The number of nitrogens with one attached hydrogen (secondary N) is 1. The van der Waals surface area contributed by atoms with E-state index in [4.69, 9.17) is 9.47 Å². The number of aliphatic imine (C=N–C) groups is 1. The van der Waals surface area contributed by atoms with Gasteiger partial charge in [-0.2, -0.15) is 0 Å². The molecule has 3 rings (SSSR count). The summed E-state index contributed by atoms with van der Waals surface area (Å²) in [4.78, 5) is 17.1. The molecule has 5 nitrogen and oxygen atoms in total. The highest BCUT2D eigenvalue weighted by Gasteiger charge is 2.20. The number of hydrogen-bond acceptors (Lipinski definition) is 4. The Balaban J connectivity index is 1.78. The number of nitrogens with zero attached hydrogens (tertiary/aromatic N) is 1. The van der Waals surface area contributed by atoms with Gasteiger partial charge in [-0.05, 0) is 48.6 Å². The smallest absolute Gasteiger partial charge is 0.292 e. The van der Waals surface area contributed by atoms with Gasteiger partial charge in [-0.25, -0.2) is 4.99 Å². The molecule has 1 amide bonds. The molecular formula is C20H22N2O3. The van der Waals surface area contributed by atoms with E-state index < -0.39 is 0 Å². The molecule has 1 aliphatic carbocycles. The molecule has 25 heavy (non-hydrogen) atoms. The van der Waals surface area contributed by atoms with Crippen molar-refractivity contribution in [3.8, 4) is 5.75 Å². The number of methoxy groups -OCH3 is 2. The second kappa shape index (κ2) is 7.83. The average molecular weight is 338 g/mol. The van der Waals surface area contributed by atoms with Crippen LogP contribution in [-0.4, -0.2) is 26.1 Å². The summed E-state index contributed by atoms with van der Waals surface area (Å²) in [5.41, 5.74) is 3.02. The molecule has 130 valence electrons. The van der Waals surface area contributed by atoms with E-state index in [1.54, 1.807) is 31.4 Å². The first-order valence-electron chi connectivity index (χ1n) is 8.36. The number of aryl methyl sites for hydroxylation is 1. The Hall–Kier alpha value is -2.82. The Bertz CT molecular complexity index is 786. The summed E-state index contributed by atoms with van der Waals surface area (Å²) in [7, 11) is 3.08. The van der Waals surface area contributed by atoms with Crippen LogP contribution < -0.4 is 10.1 Å². The second-order valence-corrected chi connectivity index (χ2v) is 5.93. The third kappa shape index (κ3) is 3.99. The van der Waals surface area contributed by atoms with E-state index in [0.717, 1.165) is 19.3 Å². The summed E-state index contributed by atoms with van der Waals surface area (Å²) >= 11 is 0. The summed E-state index contributed by atoms with van der Waals surface area (Å²) in [5.74, 6) is 0.355. The molecule has 1 aliphatic rings. The maximum Gasteiger partial charge on any atom is 0.292 e. The topological polar surface area (TPSA) is 59.9 Å². The van der Waals surface area contributed by atoms with E-state index in [9.17, 15) is 4.79 Å². The predicted molar refractivity (Wildman–Crippen MR) is 97.0 cm³/mol. The zero-order valence-corrected chi connectivity index (χ0v) is 14.5. The van der Waals surface area contributed by atoms with Gasteiger partial charge in [0.25, 0.3) is 11.9 Å². The van der Waals surface area contributed by atoms with Gasteiger partial charge in [0.15, 0.2) is 0 Å². The van der Waals surface area contributed by atoms with E-state index in [1.807, 2.05) is 12.1 Å². The van der Waals surface area contributed by atoms with Crippen molar-refractivity contribution in [1.29, 1.82) is 0 Å². The van der Waals surface area contributed by atoms with E-state index in [2.05, 4.69) is 22.4 Å². The molecule has 0 saturated carbocycles. The van der Waals surface area contributed by atoms with Crippen LogP contribution in [0.1, 0.15) is 40.4 Å². The van der Waals surface area contributed by atoms with Crippen LogP contribution in [0.15, 0.2) is 53.5 Å². The van der Waals surface area contributed by atoms with Gasteiger partial charge in [0, 0.05) is 5.56 Å². The first-order chi connectivity index (χ1) is 12.2. The van der Waals surface area contributed by atoms with E-state index in [1.165, 1.54) is 18.2 Å². The van der Waals surface area contributed by atoms with Gasteiger partial charge in [-0.1, -0.05) is 30.3 Å². The van der Waals surface area contributed by atoms with Gasteiger partial charge in [0.1, 0.15) is 5.75 Å². The number of carbonyl (C=O) groups excluding carboxylic acids is 1. The van der Waals surface area contributed by atoms with Crippen LogP contribution in [0.4, 0.5) is 0 Å². The normalized spacial score (nSPS) is 16.7.